The highest BCUT2D eigenvalue weighted by atomic mass is 35.5. The van der Waals surface area contributed by atoms with Gasteiger partial charge in [-0.15, -0.1) is 11.8 Å². The van der Waals surface area contributed by atoms with Gasteiger partial charge in [0.15, 0.2) is 0 Å². The quantitative estimate of drug-likeness (QED) is 0.890. The lowest BCUT2D eigenvalue weighted by Crippen LogP contribution is -2.35. The Balaban J connectivity index is 1.94. The van der Waals surface area contributed by atoms with Gasteiger partial charge in [0.25, 0.3) is 0 Å². The van der Waals surface area contributed by atoms with Gasteiger partial charge < -0.3 is 10.2 Å². The van der Waals surface area contributed by atoms with Crippen molar-refractivity contribution < 1.29 is 0 Å². The van der Waals surface area contributed by atoms with Crippen LogP contribution in [-0.2, 0) is 0 Å². The summed E-state index contributed by atoms with van der Waals surface area (Å²) in [7, 11) is 2.17. The highest BCUT2D eigenvalue weighted by Crippen LogP contribution is 2.37. The molecule has 1 heterocycles. The third-order valence-electron chi connectivity index (χ3n) is 3.75. The van der Waals surface area contributed by atoms with Crippen LogP contribution in [0, 0.1) is 0 Å². The Morgan fingerprint density at radius 2 is 2.26 bits per heavy atom. The van der Waals surface area contributed by atoms with Crippen LogP contribution >= 0.6 is 23.4 Å². The Labute approximate surface area is 125 Å². The summed E-state index contributed by atoms with van der Waals surface area (Å²) in [5, 5.41) is 4.52. The van der Waals surface area contributed by atoms with E-state index in [0.29, 0.717) is 12.1 Å². The van der Waals surface area contributed by atoms with Gasteiger partial charge in [-0.05, 0) is 56.8 Å². The van der Waals surface area contributed by atoms with Crippen molar-refractivity contribution in [1.29, 1.82) is 0 Å². The van der Waals surface area contributed by atoms with Gasteiger partial charge in [0.2, 0.25) is 0 Å². The SMILES string of the molecule is CC(C)N(C)CCNC1CCSc2ccc(Cl)cc21. The van der Waals surface area contributed by atoms with Crippen LogP contribution in [0.1, 0.15) is 31.9 Å². The molecule has 1 aromatic carbocycles. The van der Waals surface area contributed by atoms with Gasteiger partial charge in [-0.2, -0.15) is 0 Å². The largest absolute Gasteiger partial charge is 0.309 e. The van der Waals surface area contributed by atoms with Crippen LogP contribution in [0.3, 0.4) is 0 Å². The molecule has 0 spiro atoms. The minimum Gasteiger partial charge on any atom is -0.309 e. The molecule has 1 aromatic rings. The maximum Gasteiger partial charge on any atom is 0.0410 e. The lowest BCUT2D eigenvalue weighted by atomic mass is 10.0. The van der Waals surface area contributed by atoms with E-state index in [9.17, 15) is 0 Å². The summed E-state index contributed by atoms with van der Waals surface area (Å²) in [6.07, 6.45) is 1.18. The fraction of sp³-hybridized carbons (Fsp3) is 0.600. The van der Waals surface area contributed by atoms with E-state index in [0.717, 1.165) is 18.1 Å². The summed E-state index contributed by atoms with van der Waals surface area (Å²) in [5.74, 6) is 1.19. The molecule has 2 nitrogen and oxygen atoms in total. The highest BCUT2D eigenvalue weighted by molar-refractivity contribution is 7.99. The third-order valence-corrected chi connectivity index (χ3v) is 5.11. The first-order valence-electron chi connectivity index (χ1n) is 6.94. The summed E-state index contributed by atoms with van der Waals surface area (Å²) in [6.45, 7) is 6.56. The van der Waals surface area contributed by atoms with Crippen molar-refractivity contribution in [1.82, 2.24) is 10.2 Å². The second-order valence-electron chi connectivity index (χ2n) is 5.40. The number of hydrogen-bond donors (Lipinski definition) is 1. The van der Waals surface area contributed by atoms with Crippen molar-refractivity contribution in [2.24, 2.45) is 0 Å². The molecule has 1 aliphatic rings. The molecule has 1 N–H and O–H groups in total. The van der Waals surface area contributed by atoms with Crippen LogP contribution in [0.4, 0.5) is 0 Å². The third kappa shape index (κ3) is 4.12. The van der Waals surface area contributed by atoms with Crippen LogP contribution in [0.25, 0.3) is 0 Å². The molecule has 0 amide bonds. The first kappa shape index (κ1) is 15.2. The molecule has 1 aliphatic heterocycles. The molecule has 19 heavy (non-hydrogen) atoms. The molecule has 4 heteroatoms. The predicted octanol–water partition coefficient (Wildman–Crippen LogP) is 3.81. The zero-order chi connectivity index (χ0) is 13.8. The molecule has 0 bridgehead atoms. The van der Waals surface area contributed by atoms with Gasteiger partial charge in [-0.3, -0.25) is 0 Å². The maximum absolute atomic E-state index is 6.12. The zero-order valence-electron chi connectivity index (χ0n) is 11.9. The van der Waals surface area contributed by atoms with E-state index in [1.807, 2.05) is 17.8 Å². The average molecular weight is 299 g/mol. The van der Waals surface area contributed by atoms with Crippen LogP contribution in [-0.4, -0.2) is 36.8 Å². The van der Waals surface area contributed by atoms with Gasteiger partial charge >= 0.3 is 0 Å². The minimum atomic E-state index is 0.454. The van der Waals surface area contributed by atoms with Crippen molar-refractivity contribution in [3.05, 3.63) is 28.8 Å². The summed E-state index contributed by atoms with van der Waals surface area (Å²) in [5.41, 5.74) is 1.37. The number of hydrogen-bond acceptors (Lipinski definition) is 3. The summed E-state index contributed by atoms with van der Waals surface area (Å²) in [6, 6.07) is 7.31. The van der Waals surface area contributed by atoms with E-state index < -0.39 is 0 Å². The molecule has 0 aliphatic carbocycles. The Morgan fingerprint density at radius 1 is 1.47 bits per heavy atom. The number of fused-ring (bicyclic) bond motifs is 1. The van der Waals surface area contributed by atoms with E-state index in [1.165, 1.54) is 22.6 Å². The molecule has 2 rings (SSSR count). The zero-order valence-corrected chi connectivity index (χ0v) is 13.5. The van der Waals surface area contributed by atoms with Crippen molar-refractivity contribution in [3.63, 3.8) is 0 Å². The molecule has 0 aromatic heterocycles. The number of nitrogens with zero attached hydrogens (tertiary/aromatic N) is 1. The Morgan fingerprint density at radius 3 is 3.00 bits per heavy atom. The fourth-order valence-electron chi connectivity index (χ4n) is 2.25. The number of rotatable bonds is 5. The average Bonchev–Trinajstić information content (AvgIpc) is 2.39. The summed E-state index contributed by atoms with van der Waals surface area (Å²) >= 11 is 8.06. The monoisotopic (exact) mass is 298 g/mol. The lowest BCUT2D eigenvalue weighted by Gasteiger charge is -2.28. The standard InChI is InChI=1S/C15H23ClN2S/c1-11(2)18(3)8-7-17-14-6-9-19-15-5-4-12(16)10-13(14)15/h4-5,10-11,14,17H,6-9H2,1-3H3. The molecular weight excluding hydrogens is 276 g/mol. The van der Waals surface area contributed by atoms with Crippen LogP contribution in [0.5, 0.6) is 0 Å². The van der Waals surface area contributed by atoms with E-state index in [4.69, 9.17) is 11.6 Å². The number of benzene rings is 1. The van der Waals surface area contributed by atoms with E-state index in [-0.39, 0.29) is 0 Å². The van der Waals surface area contributed by atoms with Gasteiger partial charge in [-0.1, -0.05) is 11.6 Å². The Hall–Kier alpha value is -0.220. The fourth-order valence-corrected chi connectivity index (χ4v) is 3.54. The summed E-state index contributed by atoms with van der Waals surface area (Å²) in [4.78, 5) is 3.74. The van der Waals surface area contributed by atoms with E-state index in [1.54, 1.807) is 0 Å². The van der Waals surface area contributed by atoms with Gasteiger partial charge in [0, 0.05) is 35.1 Å². The van der Waals surface area contributed by atoms with E-state index in [2.05, 4.69) is 43.2 Å². The van der Waals surface area contributed by atoms with Crippen LogP contribution < -0.4 is 5.32 Å². The number of likely N-dealkylation sites (N-methyl/N-ethyl adjacent to an activating group) is 1. The first-order valence-corrected chi connectivity index (χ1v) is 8.30. The number of nitrogens with one attached hydrogen (secondary N) is 1. The van der Waals surface area contributed by atoms with Crippen molar-refractivity contribution in [3.8, 4) is 0 Å². The molecule has 0 saturated carbocycles. The predicted molar refractivity (Wildman–Crippen MR) is 85.3 cm³/mol. The number of halogens is 1. The molecular formula is C15H23ClN2S. The Kier molecular flexibility index (Phi) is 5.58. The summed E-state index contributed by atoms with van der Waals surface area (Å²) < 4.78 is 0. The van der Waals surface area contributed by atoms with Gasteiger partial charge in [0.1, 0.15) is 0 Å². The molecule has 1 atom stereocenters. The van der Waals surface area contributed by atoms with Crippen molar-refractivity contribution in [2.45, 2.75) is 37.2 Å². The number of thioether (sulfide) groups is 1. The maximum atomic E-state index is 6.12. The minimum absolute atomic E-state index is 0.454. The second kappa shape index (κ2) is 6.98. The molecule has 1 unspecified atom stereocenters. The van der Waals surface area contributed by atoms with Gasteiger partial charge in [0.05, 0.1) is 0 Å². The second-order valence-corrected chi connectivity index (χ2v) is 6.97. The molecule has 0 saturated heterocycles. The molecule has 0 radical (unpaired) electrons. The molecule has 106 valence electrons. The first-order chi connectivity index (χ1) is 9.08. The highest BCUT2D eigenvalue weighted by Gasteiger charge is 2.20. The van der Waals surface area contributed by atoms with Crippen molar-refractivity contribution in [2.75, 3.05) is 25.9 Å². The molecule has 0 fully saturated rings. The lowest BCUT2D eigenvalue weighted by molar-refractivity contribution is 0.268. The Bertz CT molecular complexity index is 423. The normalized spacial score (nSPS) is 18.9. The topological polar surface area (TPSA) is 15.3 Å². The smallest absolute Gasteiger partial charge is 0.0410 e. The van der Waals surface area contributed by atoms with Crippen LogP contribution in [0.15, 0.2) is 23.1 Å². The van der Waals surface area contributed by atoms with Gasteiger partial charge in [-0.25, -0.2) is 0 Å². The van der Waals surface area contributed by atoms with Crippen molar-refractivity contribution >= 4 is 23.4 Å². The van der Waals surface area contributed by atoms with E-state index >= 15 is 0 Å². The van der Waals surface area contributed by atoms with Crippen LogP contribution in [0.2, 0.25) is 5.02 Å².